The molecule has 3 amide bonds. The normalized spacial score (nSPS) is 16.2. The number of methoxy groups -OCH3 is 1. The van der Waals surface area contributed by atoms with Gasteiger partial charge in [0, 0.05) is 0 Å². The Morgan fingerprint density at radius 1 is 1.23 bits per heavy atom. The van der Waals surface area contributed by atoms with Crippen molar-refractivity contribution in [2.75, 3.05) is 13.7 Å². The van der Waals surface area contributed by atoms with Crippen molar-refractivity contribution in [3.63, 3.8) is 0 Å². The minimum Gasteiger partial charge on any atom is -0.468 e. The second-order valence-electron chi connectivity index (χ2n) is 5.27. The first kappa shape index (κ1) is 15.8. The van der Waals surface area contributed by atoms with Crippen molar-refractivity contribution in [3.05, 3.63) is 40.1 Å². The number of aryl methyl sites for hydroxylation is 3. The van der Waals surface area contributed by atoms with E-state index in [2.05, 4.69) is 10.1 Å². The van der Waals surface area contributed by atoms with E-state index in [9.17, 15) is 14.4 Å². The van der Waals surface area contributed by atoms with Crippen LogP contribution in [0.15, 0.2) is 17.8 Å². The zero-order chi connectivity index (χ0) is 16.4. The van der Waals surface area contributed by atoms with Gasteiger partial charge in [0.1, 0.15) is 12.2 Å². The third-order valence-corrected chi connectivity index (χ3v) is 3.50. The molecule has 0 atom stereocenters. The molecule has 0 bridgehead atoms. The van der Waals surface area contributed by atoms with Crippen molar-refractivity contribution in [3.8, 4) is 0 Å². The number of nitrogens with one attached hydrogen (secondary N) is 1. The van der Waals surface area contributed by atoms with Gasteiger partial charge < -0.3 is 10.1 Å². The molecule has 0 spiro atoms. The first-order valence-electron chi connectivity index (χ1n) is 6.82. The highest BCUT2D eigenvalue weighted by Crippen LogP contribution is 2.21. The molecule has 0 saturated carbocycles. The summed E-state index contributed by atoms with van der Waals surface area (Å²) >= 11 is 0. The van der Waals surface area contributed by atoms with Crippen LogP contribution in [0.5, 0.6) is 0 Å². The Hall–Kier alpha value is -2.63. The fourth-order valence-corrected chi connectivity index (χ4v) is 2.47. The topological polar surface area (TPSA) is 75.7 Å². The van der Waals surface area contributed by atoms with E-state index in [0.29, 0.717) is 0 Å². The van der Waals surface area contributed by atoms with Gasteiger partial charge in [-0.1, -0.05) is 17.7 Å². The van der Waals surface area contributed by atoms with Gasteiger partial charge in [0.15, 0.2) is 0 Å². The van der Waals surface area contributed by atoms with E-state index < -0.39 is 24.5 Å². The number of imide groups is 1. The molecule has 1 N–H and O–H groups in total. The molecule has 1 fully saturated rings. The Labute approximate surface area is 128 Å². The minimum absolute atomic E-state index is 0.156. The Balaban J connectivity index is 2.33. The van der Waals surface area contributed by atoms with E-state index in [1.54, 1.807) is 6.08 Å². The molecule has 1 saturated heterocycles. The smallest absolute Gasteiger partial charge is 0.329 e. The predicted octanol–water partition coefficient (Wildman–Crippen LogP) is 1.68. The van der Waals surface area contributed by atoms with Crippen molar-refractivity contribution < 1.29 is 19.1 Å². The quantitative estimate of drug-likeness (QED) is 0.523. The summed E-state index contributed by atoms with van der Waals surface area (Å²) in [4.78, 5) is 36.1. The Bertz CT molecular complexity index is 668. The molecule has 6 heteroatoms. The number of rotatable bonds is 3. The maximum Gasteiger partial charge on any atom is 0.329 e. The largest absolute Gasteiger partial charge is 0.468 e. The van der Waals surface area contributed by atoms with Gasteiger partial charge in [-0.25, -0.2) is 9.69 Å². The monoisotopic (exact) mass is 302 g/mol. The van der Waals surface area contributed by atoms with E-state index in [4.69, 9.17) is 0 Å². The summed E-state index contributed by atoms with van der Waals surface area (Å²) in [5.74, 6) is -1.18. The molecule has 0 aliphatic carbocycles. The Morgan fingerprint density at radius 3 is 2.36 bits per heavy atom. The highest BCUT2D eigenvalue weighted by molar-refractivity contribution is 6.15. The van der Waals surface area contributed by atoms with Gasteiger partial charge in [-0.05, 0) is 43.5 Å². The number of carbonyl (C=O) groups is 3. The summed E-state index contributed by atoms with van der Waals surface area (Å²) in [5.41, 5.74) is 4.20. The molecule has 0 unspecified atom stereocenters. The molecule has 1 aromatic carbocycles. The fraction of sp³-hybridized carbons (Fsp3) is 0.312. The zero-order valence-electron chi connectivity index (χ0n) is 13.0. The molecule has 0 radical (unpaired) electrons. The van der Waals surface area contributed by atoms with E-state index in [-0.39, 0.29) is 5.70 Å². The van der Waals surface area contributed by atoms with Gasteiger partial charge in [0.25, 0.3) is 5.91 Å². The lowest BCUT2D eigenvalue weighted by atomic mass is 9.99. The van der Waals surface area contributed by atoms with E-state index >= 15 is 0 Å². The summed E-state index contributed by atoms with van der Waals surface area (Å²) in [6.45, 7) is 5.49. The first-order valence-corrected chi connectivity index (χ1v) is 6.82. The summed E-state index contributed by atoms with van der Waals surface area (Å²) in [6, 6.07) is 3.39. The molecule has 1 aromatic rings. The van der Waals surface area contributed by atoms with Crippen LogP contribution in [0.2, 0.25) is 0 Å². The summed E-state index contributed by atoms with van der Waals surface area (Å²) in [5, 5.41) is 2.49. The number of ether oxygens (including phenoxy) is 1. The van der Waals surface area contributed by atoms with Crippen LogP contribution >= 0.6 is 0 Å². The molecule has 6 nitrogen and oxygen atoms in total. The second kappa shape index (κ2) is 6.01. The Kier molecular flexibility index (Phi) is 4.30. The number of carbonyl (C=O) groups excluding carboxylic acids is 3. The second-order valence-corrected chi connectivity index (χ2v) is 5.27. The molecule has 2 rings (SSSR count). The van der Waals surface area contributed by atoms with Crippen molar-refractivity contribution in [2.45, 2.75) is 20.8 Å². The third-order valence-electron chi connectivity index (χ3n) is 3.50. The van der Waals surface area contributed by atoms with E-state index in [1.165, 1.54) is 7.11 Å². The maximum absolute atomic E-state index is 12.2. The van der Waals surface area contributed by atoms with Crippen LogP contribution in [0.3, 0.4) is 0 Å². The van der Waals surface area contributed by atoms with Gasteiger partial charge >= 0.3 is 12.0 Å². The average Bonchev–Trinajstić information content (AvgIpc) is 2.70. The maximum atomic E-state index is 12.2. The average molecular weight is 302 g/mol. The fourth-order valence-electron chi connectivity index (χ4n) is 2.47. The highest BCUT2D eigenvalue weighted by Gasteiger charge is 2.35. The summed E-state index contributed by atoms with van der Waals surface area (Å²) in [6.07, 6.45) is 1.64. The van der Waals surface area contributed by atoms with Crippen LogP contribution in [0.4, 0.5) is 4.79 Å². The molecular weight excluding hydrogens is 284 g/mol. The van der Waals surface area contributed by atoms with Crippen LogP contribution in [-0.4, -0.2) is 36.5 Å². The van der Waals surface area contributed by atoms with E-state index in [1.807, 2.05) is 32.9 Å². The molecule has 0 aromatic heterocycles. The van der Waals surface area contributed by atoms with Crippen LogP contribution in [-0.2, 0) is 14.3 Å². The number of benzene rings is 1. The number of hydrogen-bond acceptors (Lipinski definition) is 4. The van der Waals surface area contributed by atoms with Crippen LogP contribution in [0, 0.1) is 20.8 Å². The van der Waals surface area contributed by atoms with E-state index in [0.717, 1.165) is 27.2 Å². The first-order chi connectivity index (χ1) is 10.3. The zero-order valence-corrected chi connectivity index (χ0v) is 13.0. The van der Waals surface area contributed by atoms with Crippen molar-refractivity contribution >= 4 is 24.0 Å². The lowest BCUT2D eigenvalue weighted by Gasteiger charge is -2.09. The van der Waals surface area contributed by atoms with Gasteiger partial charge in [-0.15, -0.1) is 0 Å². The molecule has 116 valence electrons. The van der Waals surface area contributed by atoms with Crippen molar-refractivity contribution in [2.24, 2.45) is 0 Å². The predicted molar refractivity (Wildman–Crippen MR) is 80.9 cm³/mol. The number of nitrogens with zero attached hydrogens (tertiary/aromatic N) is 1. The number of urea groups is 1. The standard InChI is InChI=1S/C16H18N2O4/c1-9-5-10(2)12(11(3)6-9)7-13-15(20)18(16(21)17-13)8-14(19)22-4/h5-7H,8H2,1-4H3,(H,17,21)/b13-7+. The van der Waals surface area contributed by atoms with Crippen molar-refractivity contribution in [1.29, 1.82) is 0 Å². The molecule has 1 aliphatic rings. The van der Waals surface area contributed by atoms with Crippen LogP contribution in [0.1, 0.15) is 22.3 Å². The Morgan fingerprint density at radius 2 is 1.82 bits per heavy atom. The van der Waals surface area contributed by atoms with Gasteiger partial charge in [-0.2, -0.15) is 0 Å². The number of esters is 1. The lowest BCUT2D eigenvalue weighted by Crippen LogP contribution is -2.36. The lowest BCUT2D eigenvalue weighted by molar-refractivity contribution is -0.143. The van der Waals surface area contributed by atoms with Gasteiger partial charge in [0.2, 0.25) is 0 Å². The van der Waals surface area contributed by atoms with Gasteiger partial charge in [0.05, 0.1) is 7.11 Å². The minimum atomic E-state index is -0.646. The molecule has 1 heterocycles. The third kappa shape index (κ3) is 3.00. The number of amides is 3. The highest BCUT2D eigenvalue weighted by atomic mass is 16.5. The molecule has 1 aliphatic heterocycles. The van der Waals surface area contributed by atoms with Crippen LogP contribution in [0.25, 0.3) is 6.08 Å². The molecule has 22 heavy (non-hydrogen) atoms. The number of hydrogen-bond donors (Lipinski definition) is 1. The van der Waals surface area contributed by atoms with Crippen LogP contribution < -0.4 is 5.32 Å². The summed E-state index contributed by atoms with van der Waals surface area (Å²) < 4.78 is 4.48. The summed E-state index contributed by atoms with van der Waals surface area (Å²) in [7, 11) is 1.20. The molecular formula is C16H18N2O4. The van der Waals surface area contributed by atoms with Crippen molar-refractivity contribution in [1.82, 2.24) is 10.2 Å². The SMILES string of the molecule is COC(=O)CN1C(=O)N/C(=C/c2c(C)cc(C)cc2C)C1=O. The van der Waals surface area contributed by atoms with Gasteiger partial charge in [-0.3, -0.25) is 9.59 Å².